The molecule has 1 aromatic rings. The van der Waals surface area contributed by atoms with Gasteiger partial charge in [0.25, 0.3) is 0 Å². The van der Waals surface area contributed by atoms with Gasteiger partial charge in [0.05, 0.1) is 11.8 Å². The summed E-state index contributed by atoms with van der Waals surface area (Å²) >= 11 is 0. The van der Waals surface area contributed by atoms with Crippen molar-refractivity contribution < 1.29 is 14.7 Å². The van der Waals surface area contributed by atoms with Gasteiger partial charge in [0.2, 0.25) is 5.91 Å². The average molecular weight is 263 g/mol. The van der Waals surface area contributed by atoms with Crippen molar-refractivity contribution in [3.05, 3.63) is 35.9 Å². The van der Waals surface area contributed by atoms with Gasteiger partial charge in [-0.05, 0) is 12.5 Å². The van der Waals surface area contributed by atoms with E-state index < -0.39 is 11.4 Å². The van der Waals surface area contributed by atoms with E-state index in [1.165, 1.54) is 0 Å². The van der Waals surface area contributed by atoms with Crippen molar-refractivity contribution in [1.82, 2.24) is 4.90 Å². The van der Waals surface area contributed by atoms with E-state index in [1.54, 1.807) is 18.7 Å². The van der Waals surface area contributed by atoms with Crippen LogP contribution in [0.1, 0.15) is 32.8 Å². The first-order valence-corrected chi connectivity index (χ1v) is 6.42. The molecule has 0 radical (unpaired) electrons. The van der Waals surface area contributed by atoms with E-state index in [9.17, 15) is 9.59 Å². The normalized spacial score (nSPS) is 11.1. The zero-order valence-electron chi connectivity index (χ0n) is 11.7. The van der Waals surface area contributed by atoms with Crippen molar-refractivity contribution in [2.24, 2.45) is 5.41 Å². The molecule has 0 aromatic heterocycles. The van der Waals surface area contributed by atoms with Gasteiger partial charge in [0.15, 0.2) is 0 Å². The lowest BCUT2D eigenvalue weighted by Gasteiger charge is -2.30. The van der Waals surface area contributed by atoms with Crippen molar-refractivity contribution in [3.63, 3.8) is 0 Å². The van der Waals surface area contributed by atoms with Crippen LogP contribution >= 0.6 is 0 Å². The summed E-state index contributed by atoms with van der Waals surface area (Å²) in [5.41, 5.74) is 0.167. The Bertz CT molecular complexity index is 440. The maximum atomic E-state index is 12.4. The second-order valence-electron chi connectivity index (χ2n) is 5.26. The fourth-order valence-corrected chi connectivity index (χ4v) is 2.01. The number of hydrogen-bond acceptors (Lipinski definition) is 2. The molecule has 0 aliphatic heterocycles. The van der Waals surface area contributed by atoms with Crippen LogP contribution in [0.15, 0.2) is 30.3 Å². The molecule has 0 saturated carbocycles. The number of rotatable bonds is 6. The summed E-state index contributed by atoms with van der Waals surface area (Å²) in [5.74, 6) is -1.07. The highest BCUT2D eigenvalue weighted by atomic mass is 16.4. The molecule has 0 saturated heterocycles. The van der Waals surface area contributed by atoms with Crippen LogP contribution < -0.4 is 0 Å². The SMILES string of the molecule is CCN(Cc1ccccc1)C(=O)C(C)(C)CC(=O)O. The number of carboxylic acid groups (broad SMARTS) is 1. The summed E-state index contributed by atoms with van der Waals surface area (Å²) in [5, 5.41) is 8.87. The van der Waals surface area contributed by atoms with Crippen molar-refractivity contribution >= 4 is 11.9 Å². The van der Waals surface area contributed by atoms with Gasteiger partial charge in [-0.3, -0.25) is 9.59 Å². The van der Waals surface area contributed by atoms with E-state index in [1.807, 2.05) is 37.3 Å². The third-order valence-corrected chi connectivity index (χ3v) is 3.06. The molecule has 0 fully saturated rings. The van der Waals surface area contributed by atoms with Crippen LogP contribution in [0, 0.1) is 5.41 Å². The van der Waals surface area contributed by atoms with Gasteiger partial charge < -0.3 is 10.0 Å². The van der Waals surface area contributed by atoms with Gasteiger partial charge in [0, 0.05) is 13.1 Å². The second-order valence-corrected chi connectivity index (χ2v) is 5.26. The number of carbonyl (C=O) groups is 2. The van der Waals surface area contributed by atoms with Crippen LogP contribution in [0.25, 0.3) is 0 Å². The Morgan fingerprint density at radius 2 is 1.79 bits per heavy atom. The Labute approximate surface area is 114 Å². The lowest BCUT2D eigenvalue weighted by molar-refractivity contribution is -0.149. The highest BCUT2D eigenvalue weighted by Gasteiger charge is 2.33. The van der Waals surface area contributed by atoms with Gasteiger partial charge in [-0.1, -0.05) is 44.2 Å². The van der Waals surface area contributed by atoms with Crippen molar-refractivity contribution in [2.45, 2.75) is 33.7 Å². The summed E-state index contributed by atoms with van der Waals surface area (Å²) in [6, 6.07) is 9.70. The molecule has 1 rings (SSSR count). The maximum absolute atomic E-state index is 12.4. The Kier molecular flexibility index (Phi) is 5.10. The number of benzene rings is 1. The fraction of sp³-hybridized carbons (Fsp3) is 0.467. The van der Waals surface area contributed by atoms with Gasteiger partial charge in [-0.2, -0.15) is 0 Å². The topological polar surface area (TPSA) is 57.6 Å². The van der Waals surface area contributed by atoms with E-state index in [4.69, 9.17) is 5.11 Å². The Morgan fingerprint density at radius 3 is 2.26 bits per heavy atom. The third kappa shape index (κ3) is 4.39. The quantitative estimate of drug-likeness (QED) is 0.858. The molecular weight excluding hydrogens is 242 g/mol. The molecule has 1 aromatic carbocycles. The third-order valence-electron chi connectivity index (χ3n) is 3.06. The predicted molar refractivity (Wildman–Crippen MR) is 73.6 cm³/mol. The van der Waals surface area contributed by atoms with Crippen LogP contribution in [0.2, 0.25) is 0 Å². The van der Waals surface area contributed by atoms with E-state index in [0.29, 0.717) is 13.1 Å². The second kappa shape index (κ2) is 6.36. The van der Waals surface area contributed by atoms with Crippen molar-refractivity contribution in [3.8, 4) is 0 Å². The molecular formula is C15H21NO3. The summed E-state index contributed by atoms with van der Waals surface area (Å²) in [4.78, 5) is 24.9. The van der Waals surface area contributed by atoms with Crippen LogP contribution in [-0.4, -0.2) is 28.4 Å². The first-order valence-electron chi connectivity index (χ1n) is 6.42. The molecule has 0 heterocycles. The lowest BCUT2D eigenvalue weighted by Crippen LogP contribution is -2.41. The molecule has 0 aliphatic carbocycles. The molecule has 104 valence electrons. The molecule has 0 bridgehead atoms. The summed E-state index contributed by atoms with van der Waals surface area (Å²) in [6.45, 7) is 6.34. The Hall–Kier alpha value is -1.84. The average Bonchev–Trinajstić information content (AvgIpc) is 2.35. The minimum atomic E-state index is -0.950. The van der Waals surface area contributed by atoms with Crippen LogP contribution in [0.4, 0.5) is 0 Å². The van der Waals surface area contributed by atoms with E-state index >= 15 is 0 Å². The fourth-order valence-electron chi connectivity index (χ4n) is 2.01. The minimum Gasteiger partial charge on any atom is -0.481 e. The highest BCUT2D eigenvalue weighted by molar-refractivity contribution is 5.86. The standard InChI is InChI=1S/C15H21NO3/c1-4-16(11-12-8-6-5-7-9-12)14(19)15(2,3)10-13(17)18/h5-9H,4,10-11H2,1-3H3,(H,17,18). The summed E-state index contributed by atoms with van der Waals surface area (Å²) in [7, 11) is 0. The number of hydrogen-bond donors (Lipinski definition) is 1. The molecule has 4 nitrogen and oxygen atoms in total. The van der Waals surface area contributed by atoms with Gasteiger partial charge in [-0.15, -0.1) is 0 Å². The largest absolute Gasteiger partial charge is 0.481 e. The first kappa shape index (κ1) is 15.2. The molecule has 1 amide bonds. The number of amides is 1. The van der Waals surface area contributed by atoms with Crippen molar-refractivity contribution in [2.75, 3.05) is 6.54 Å². The number of carboxylic acids is 1. The highest BCUT2D eigenvalue weighted by Crippen LogP contribution is 2.24. The summed E-state index contributed by atoms with van der Waals surface area (Å²) in [6.07, 6.45) is -0.156. The minimum absolute atomic E-state index is 0.124. The number of aliphatic carboxylic acids is 1. The van der Waals surface area contributed by atoms with Gasteiger partial charge in [0.1, 0.15) is 0 Å². The van der Waals surface area contributed by atoms with Crippen LogP contribution in [-0.2, 0) is 16.1 Å². The maximum Gasteiger partial charge on any atom is 0.304 e. The molecule has 0 atom stereocenters. The lowest BCUT2D eigenvalue weighted by atomic mass is 9.87. The molecule has 1 N–H and O–H groups in total. The van der Waals surface area contributed by atoms with Crippen molar-refractivity contribution in [1.29, 1.82) is 0 Å². The number of carbonyl (C=O) groups excluding carboxylic acids is 1. The van der Waals surface area contributed by atoms with Crippen LogP contribution in [0.3, 0.4) is 0 Å². The first-order chi connectivity index (χ1) is 8.86. The predicted octanol–water partition coefficient (Wildman–Crippen LogP) is 2.54. The molecule has 0 aliphatic rings. The Balaban J connectivity index is 2.79. The molecule has 0 spiro atoms. The summed E-state index contributed by atoms with van der Waals surface area (Å²) < 4.78 is 0. The van der Waals surface area contributed by atoms with Crippen LogP contribution in [0.5, 0.6) is 0 Å². The van der Waals surface area contributed by atoms with E-state index in [-0.39, 0.29) is 12.3 Å². The molecule has 4 heteroatoms. The van der Waals surface area contributed by atoms with Gasteiger partial charge >= 0.3 is 5.97 Å². The molecule has 0 unspecified atom stereocenters. The number of nitrogens with zero attached hydrogens (tertiary/aromatic N) is 1. The smallest absolute Gasteiger partial charge is 0.304 e. The monoisotopic (exact) mass is 263 g/mol. The van der Waals surface area contributed by atoms with E-state index in [0.717, 1.165) is 5.56 Å². The zero-order chi connectivity index (χ0) is 14.5. The Morgan fingerprint density at radius 1 is 1.21 bits per heavy atom. The zero-order valence-corrected chi connectivity index (χ0v) is 11.7. The van der Waals surface area contributed by atoms with Gasteiger partial charge in [-0.25, -0.2) is 0 Å². The molecule has 19 heavy (non-hydrogen) atoms. The van der Waals surface area contributed by atoms with E-state index in [2.05, 4.69) is 0 Å².